The maximum atomic E-state index is 5.86. The van der Waals surface area contributed by atoms with E-state index in [-0.39, 0.29) is 13.3 Å². The van der Waals surface area contributed by atoms with Crippen LogP contribution in [0.15, 0.2) is 24.3 Å². The third-order valence-electron chi connectivity index (χ3n) is 2.81. The Kier molecular flexibility index (Phi) is 6.27. The molecule has 0 unspecified atom stereocenters. The first kappa shape index (κ1) is 15.3. The van der Waals surface area contributed by atoms with Crippen molar-refractivity contribution < 1.29 is 0 Å². The maximum absolute atomic E-state index is 5.86. The van der Waals surface area contributed by atoms with Crippen molar-refractivity contribution >= 4 is 36.4 Å². The first-order valence-electron chi connectivity index (χ1n) is 5.96. The molecule has 0 nitrogen and oxygen atoms in total. The molecule has 0 heterocycles. The molecule has 0 fully saturated rings. The van der Waals surface area contributed by atoms with Crippen LogP contribution in [0.1, 0.15) is 26.3 Å². The van der Waals surface area contributed by atoms with E-state index in [1.807, 2.05) is 0 Å². The second kappa shape index (κ2) is 6.98. The second-order valence-corrected chi connectivity index (χ2v) is 8.41. The molecule has 0 N–H and O–H groups in total. The predicted octanol–water partition coefficient (Wildman–Crippen LogP) is 4.57. The van der Waals surface area contributed by atoms with Crippen molar-refractivity contribution in [2.45, 2.75) is 26.2 Å². The zero-order valence-corrected chi connectivity index (χ0v) is 13.2. The van der Waals surface area contributed by atoms with Gasteiger partial charge in [-0.1, -0.05) is 53.0 Å². The molecule has 96 valence electrons. The molecule has 1 rings (SSSR count). The van der Waals surface area contributed by atoms with Gasteiger partial charge in [-0.15, -0.1) is 23.2 Å². The van der Waals surface area contributed by atoms with Crippen LogP contribution in [0.3, 0.4) is 0 Å². The van der Waals surface area contributed by atoms with Crippen molar-refractivity contribution in [3.8, 4) is 0 Å². The average Bonchev–Trinajstić information content (AvgIpc) is 2.28. The molecule has 0 bridgehead atoms. The van der Waals surface area contributed by atoms with E-state index >= 15 is 0 Å². The van der Waals surface area contributed by atoms with E-state index in [1.54, 1.807) is 0 Å². The Morgan fingerprint density at radius 3 is 1.76 bits per heavy atom. The summed E-state index contributed by atoms with van der Waals surface area (Å²) in [5.41, 5.74) is 1.60. The fourth-order valence-corrected chi connectivity index (χ4v) is 4.69. The standard InChI is InChI=1S/C14H21Cl2P/c1-14(2,3)12-4-6-13(7-5-12)17(10-8-15)11-9-16/h4-7H,8-11H2,1-3H3. The maximum Gasteiger partial charge on any atom is 0.0265 e. The highest BCUT2D eigenvalue weighted by atomic mass is 35.5. The summed E-state index contributed by atoms with van der Waals surface area (Å²) >= 11 is 11.7. The van der Waals surface area contributed by atoms with Gasteiger partial charge in [-0.2, -0.15) is 0 Å². The monoisotopic (exact) mass is 290 g/mol. The summed E-state index contributed by atoms with van der Waals surface area (Å²) < 4.78 is 0. The van der Waals surface area contributed by atoms with E-state index < -0.39 is 0 Å². The topological polar surface area (TPSA) is 0 Å². The highest BCUT2D eigenvalue weighted by molar-refractivity contribution is 7.65. The lowest BCUT2D eigenvalue weighted by Crippen LogP contribution is -2.14. The van der Waals surface area contributed by atoms with Crippen LogP contribution >= 0.6 is 31.1 Å². The average molecular weight is 291 g/mol. The van der Waals surface area contributed by atoms with Gasteiger partial charge in [-0.05, 0) is 28.6 Å². The summed E-state index contributed by atoms with van der Waals surface area (Å²) in [7, 11) is -0.168. The van der Waals surface area contributed by atoms with E-state index in [4.69, 9.17) is 23.2 Å². The van der Waals surface area contributed by atoms with Crippen molar-refractivity contribution in [2.75, 3.05) is 24.1 Å². The van der Waals surface area contributed by atoms with Gasteiger partial charge in [-0.3, -0.25) is 0 Å². The Morgan fingerprint density at radius 2 is 1.41 bits per heavy atom. The largest absolute Gasteiger partial charge is 0.126 e. The second-order valence-electron chi connectivity index (χ2n) is 5.16. The van der Waals surface area contributed by atoms with Gasteiger partial charge in [0.2, 0.25) is 0 Å². The van der Waals surface area contributed by atoms with Crippen molar-refractivity contribution in [2.24, 2.45) is 0 Å². The lowest BCUT2D eigenvalue weighted by atomic mass is 9.87. The van der Waals surface area contributed by atoms with E-state index in [1.165, 1.54) is 10.9 Å². The van der Waals surface area contributed by atoms with E-state index in [2.05, 4.69) is 45.0 Å². The third kappa shape index (κ3) is 4.78. The Morgan fingerprint density at radius 1 is 0.941 bits per heavy atom. The minimum absolute atomic E-state index is 0.168. The lowest BCUT2D eigenvalue weighted by molar-refractivity contribution is 0.590. The van der Waals surface area contributed by atoms with Gasteiger partial charge >= 0.3 is 0 Å². The summed E-state index contributed by atoms with van der Waals surface area (Å²) in [6, 6.07) is 9.00. The molecule has 0 radical (unpaired) electrons. The molecule has 0 saturated carbocycles. The van der Waals surface area contributed by atoms with Crippen molar-refractivity contribution in [3.63, 3.8) is 0 Å². The molecular weight excluding hydrogens is 270 g/mol. The SMILES string of the molecule is CC(C)(C)c1ccc(P(CCCl)CCCl)cc1. The predicted molar refractivity (Wildman–Crippen MR) is 82.9 cm³/mol. The first-order chi connectivity index (χ1) is 7.99. The van der Waals surface area contributed by atoms with Crippen LogP contribution in [-0.2, 0) is 5.41 Å². The zero-order chi connectivity index (χ0) is 12.9. The van der Waals surface area contributed by atoms with Crippen LogP contribution in [0.4, 0.5) is 0 Å². The fraction of sp³-hybridized carbons (Fsp3) is 0.571. The van der Waals surface area contributed by atoms with E-state index in [0.717, 1.165) is 24.1 Å². The molecule has 0 aliphatic rings. The van der Waals surface area contributed by atoms with Crippen LogP contribution in [0.5, 0.6) is 0 Å². The molecule has 0 aromatic heterocycles. The lowest BCUT2D eigenvalue weighted by Gasteiger charge is -2.21. The van der Waals surface area contributed by atoms with Crippen molar-refractivity contribution in [1.29, 1.82) is 0 Å². The molecule has 1 aromatic rings. The van der Waals surface area contributed by atoms with Crippen LogP contribution in [0.25, 0.3) is 0 Å². The molecule has 0 saturated heterocycles. The zero-order valence-electron chi connectivity index (χ0n) is 10.8. The summed E-state index contributed by atoms with van der Waals surface area (Å²) in [5.74, 6) is 1.45. The highest BCUT2D eigenvalue weighted by Crippen LogP contribution is 2.35. The van der Waals surface area contributed by atoms with Gasteiger partial charge in [0.05, 0.1) is 0 Å². The number of hydrogen-bond acceptors (Lipinski definition) is 0. The highest BCUT2D eigenvalue weighted by Gasteiger charge is 2.15. The molecule has 3 heteroatoms. The van der Waals surface area contributed by atoms with Gasteiger partial charge in [0, 0.05) is 11.8 Å². The number of halogens is 2. The third-order valence-corrected chi connectivity index (χ3v) is 6.27. The fourth-order valence-electron chi connectivity index (χ4n) is 1.75. The summed E-state index contributed by atoms with van der Waals surface area (Å²) in [6.07, 6.45) is 2.14. The van der Waals surface area contributed by atoms with Gasteiger partial charge in [0.1, 0.15) is 0 Å². The minimum atomic E-state index is -0.168. The molecule has 0 spiro atoms. The summed E-state index contributed by atoms with van der Waals surface area (Å²) in [5, 5.41) is 1.43. The quantitative estimate of drug-likeness (QED) is 0.550. The molecule has 0 aliphatic carbocycles. The molecule has 0 atom stereocenters. The first-order valence-corrected chi connectivity index (χ1v) is 8.74. The van der Waals surface area contributed by atoms with E-state index in [0.29, 0.717) is 0 Å². The summed E-state index contributed by atoms with van der Waals surface area (Å²) in [4.78, 5) is 0. The van der Waals surface area contributed by atoms with E-state index in [9.17, 15) is 0 Å². The van der Waals surface area contributed by atoms with Gasteiger partial charge in [0.15, 0.2) is 0 Å². The summed E-state index contributed by atoms with van der Waals surface area (Å²) in [6.45, 7) is 6.72. The van der Waals surface area contributed by atoms with Crippen LogP contribution < -0.4 is 5.30 Å². The molecule has 17 heavy (non-hydrogen) atoms. The van der Waals surface area contributed by atoms with Crippen molar-refractivity contribution in [3.05, 3.63) is 29.8 Å². The number of hydrogen-bond donors (Lipinski definition) is 0. The number of alkyl halides is 2. The normalized spacial score (nSPS) is 12.1. The Labute approximate surface area is 116 Å². The van der Waals surface area contributed by atoms with Gasteiger partial charge < -0.3 is 0 Å². The van der Waals surface area contributed by atoms with Crippen LogP contribution in [-0.4, -0.2) is 24.1 Å². The van der Waals surface area contributed by atoms with Crippen molar-refractivity contribution in [1.82, 2.24) is 0 Å². The van der Waals surface area contributed by atoms with Crippen LogP contribution in [0, 0.1) is 0 Å². The molecule has 0 amide bonds. The smallest absolute Gasteiger partial charge is 0.0265 e. The molecular formula is C14H21Cl2P. The number of rotatable bonds is 5. The Balaban J connectivity index is 2.84. The Hall–Kier alpha value is 0.230. The molecule has 0 aliphatic heterocycles. The van der Waals surface area contributed by atoms with Gasteiger partial charge in [-0.25, -0.2) is 0 Å². The molecule has 1 aromatic carbocycles. The minimum Gasteiger partial charge on any atom is -0.126 e. The van der Waals surface area contributed by atoms with Gasteiger partial charge in [0.25, 0.3) is 0 Å². The van der Waals surface area contributed by atoms with Crippen LogP contribution in [0.2, 0.25) is 0 Å². The number of benzene rings is 1. The Bertz CT molecular complexity index is 321.